The lowest BCUT2D eigenvalue weighted by atomic mass is 9.88. The van der Waals surface area contributed by atoms with Crippen molar-refractivity contribution in [2.75, 3.05) is 46.4 Å². The van der Waals surface area contributed by atoms with Gasteiger partial charge in [0.05, 0.1) is 18.7 Å². The summed E-state index contributed by atoms with van der Waals surface area (Å²) in [6, 6.07) is 4.57. The molecule has 6 nitrogen and oxygen atoms in total. The fraction of sp³-hybridized carbons (Fsp3) is 0.750. The Bertz CT molecular complexity index is 664. The Morgan fingerprint density at radius 2 is 2.17 bits per heavy atom. The van der Waals surface area contributed by atoms with E-state index in [1.165, 1.54) is 19.4 Å². The van der Waals surface area contributed by atoms with Crippen molar-refractivity contribution < 1.29 is 9.53 Å². The van der Waals surface area contributed by atoms with Crippen LogP contribution >= 0.6 is 0 Å². The lowest BCUT2D eigenvalue weighted by molar-refractivity contribution is -0.127. The predicted octanol–water partition coefficient (Wildman–Crippen LogP) is 2.96. The van der Waals surface area contributed by atoms with E-state index < -0.39 is 0 Å². The molecule has 1 aromatic rings. The van der Waals surface area contributed by atoms with Gasteiger partial charge in [0.25, 0.3) is 0 Å². The maximum atomic E-state index is 12.9. The Morgan fingerprint density at radius 3 is 2.83 bits per heavy atom. The van der Waals surface area contributed by atoms with E-state index >= 15 is 0 Å². The lowest BCUT2D eigenvalue weighted by Gasteiger charge is -2.38. The summed E-state index contributed by atoms with van der Waals surface area (Å²) in [5.41, 5.74) is 0.989. The number of ether oxygens (including phenoxy) is 1. The Balaban J connectivity index is 1.51. The number of hydrogen-bond donors (Lipinski definition) is 1. The second-order valence-electron chi connectivity index (χ2n) is 9.71. The van der Waals surface area contributed by atoms with E-state index in [2.05, 4.69) is 41.0 Å². The number of pyridine rings is 1. The number of carbonyl (C=O) groups excluding carboxylic acids is 1. The molecule has 1 unspecified atom stereocenters. The minimum absolute atomic E-state index is 0.0450. The highest BCUT2D eigenvalue weighted by atomic mass is 16.5. The quantitative estimate of drug-likeness (QED) is 0.671. The van der Waals surface area contributed by atoms with Crippen molar-refractivity contribution in [2.45, 2.75) is 52.5 Å². The first-order valence-electron chi connectivity index (χ1n) is 11.7. The fourth-order valence-electron chi connectivity index (χ4n) is 4.88. The van der Waals surface area contributed by atoms with E-state index in [1.54, 1.807) is 6.20 Å². The molecule has 3 heterocycles. The summed E-state index contributed by atoms with van der Waals surface area (Å²) in [6.45, 7) is 11.9. The van der Waals surface area contributed by atoms with Crippen LogP contribution in [-0.4, -0.2) is 73.1 Å². The third-order valence-electron chi connectivity index (χ3n) is 6.43. The number of nitrogens with zero attached hydrogens (tertiary/aromatic N) is 3. The number of carbonyl (C=O) groups is 1. The number of rotatable bonds is 9. The third-order valence-corrected chi connectivity index (χ3v) is 6.43. The molecular formula is C24H40N4O2. The fourth-order valence-corrected chi connectivity index (χ4v) is 4.88. The lowest BCUT2D eigenvalue weighted by Crippen LogP contribution is -2.49. The smallest absolute Gasteiger partial charge is 0.224 e. The zero-order chi connectivity index (χ0) is 21.5. The Kier molecular flexibility index (Phi) is 8.51. The van der Waals surface area contributed by atoms with E-state index in [-0.39, 0.29) is 11.8 Å². The molecule has 0 saturated carbocycles. The van der Waals surface area contributed by atoms with Crippen LogP contribution in [0.15, 0.2) is 18.3 Å². The second kappa shape index (κ2) is 11.1. The zero-order valence-corrected chi connectivity index (χ0v) is 19.3. The number of aryl methyl sites for hydroxylation is 1. The molecule has 0 spiro atoms. The van der Waals surface area contributed by atoms with Crippen LogP contribution in [0, 0.1) is 24.7 Å². The minimum atomic E-state index is 0.0450. The highest BCUT2D eigenvalue weighted by molar-refractivity contribution is 5.79. The molecule has 3 atom stereocenters. The Morgan fingerprint density at radius 1 is 1.33 bits per heavy atom. The number of nitrogens with one attached hydrogen (secondary N) is 1. The third kappa shape index (κ3) is 6.95. The monoisotopic (exact) mass is 416 g/mol. The number of likely N-dealkylation sites (tertiary alicyclic amines) is 2. The van der Waals surface area contributed by atoms with Crippen molar-refractivity contribution >= 4 is 5.91 Å². The van der Waals surface area contributed by atoms with Crippen LogP contribution < -0.4 is 10.1 Å². The molecule has 2 aliphatic rings. The molecule has 0 bridgehead atoms. The molecule has 1 amide bonds. The SMILES string of the molecule is Cc1ccc(OC[C@H]2C[C@@H](C(=O)NCCC3CCCN3C)CN(CC(C)C)C2)cn1. The second-order valence-corrected chi connectivity index (χ2v) is 9.71. The van der Waals surface area contributed by atoms with Crippen LogP contribution in [0.3, 0.4) is 0 Å². The van der Waals surface area contributed by atoms with Gasteiger partial charge in [0, 0.05) is 43.8 Å². The molecule has 1 aromatic heterocycles. The first-order chi connectivity index (χ1) is 14.4. The van der Waals surface area contributed by atoms with E-state index in [9.17, 15) is 4.79 Å². The van der Waals surface area contributed by atoms with Crippen molar-refractivity contribution in [3.8, 4) is 5.75 Å². The van der Waals surface area contributed by atoms with Crippen molar-refractivity contribution in [3.63, 3.8) is 0 Å². The molecule has 168 valence electrons. The van der Waals surface area contributed by atoms with Gasteiger partial charge in [-0.3, -0.25) is 9.78 Å². The number of aromatic nitrogens is 1. The highest BCUT2D eigenvalue weighted by Crippen LogP contribution is 2.24. The molecule has 2 aliphatic heterocycles. The van der Waals surface area contributed by atoms with Crippen molar-refractivity contribution in [1.29, 1.82) is 0 Å². The van der Waals surface area contributed by atoms with Crippen LogP contribution in [0.2, 0.25) is 0 Å². The Hall–Kier alpha value is -1.66. The van der Waals surface area contributed by atoms with Crippen LogP contribution in [0.25, 0.3) is 0 Å². The number of amides is 1. The molecule has 2 fully saturated rings. The van der Waals surface area contributed by atoms with Gasteiger partial charge in [-0.2, -0.15) is 0 Å². The van der Waals surface area contributed by atoms with Gasteiger partial charge in [0.2, 0.25) is 5.91 Å². The molecule has 3 rings (SSSR count). The highest BCUT2D eigenvalue weighted by Gasteiger charge is 2.32. The molecular weight excluding hydrogens is 376 g/mol. The van der Waals surface area contributed by atoms with Crippen LogP contribution in [0.5, 0.6) is 5.75 Å². The standard InChI is InChI=1S/C24H40N4O2/c1-18(2)14-28-15-20(17-30-23-8-7-19(3)26-13-23)12-21(16-28)24(29)25-10-9-22-6-5-11-27(22)4/h7-8,13,18,20-22H,5-6,9-12,14-17H2,1-4H3,(H,25,29)/t20-,21+,22?/m0/s1. The summed E-state index contributed by atoms with van der Waals surface area (Å²) in [5, 5.41) is 3.23. The van der Waals surface area contributed by atoms with Crippen molar-refractivity contribution in [2.24, 2.45) is 17.8 Å². The summed E-state index contributed by atoms with van der Waals surface area (Å²) in [6.07, 6.45) is 6.26. The molecule has 2 saturated heterocycles. The van der Waals surface area contributed by atoms with Crippen LogP contribution in [0.1, 0.15) is 45.2 Å². The summed E-state index contributed by atoms with van der Waals surface area (Å²) in [5.74, 6) is 2.01. The topological polar surface area (TPSA) is 57.7 Å². The molecule has 30 heavy (non-hydrogen) atoms. The first-order valence-corrected chi connectivity index (χ1v) is 11.7. The zero-order valence-electron chi connectivity index (χ0n) is 19.3. The molecule has 6 heteroatoms. The summed E-state index contributed by atoms with van der Waals surface area (Å²) in [7, 11) is 2.19. The van der Waals surface area contributed by atoms with Crippen molar-refractivity contribution in [3.05, 3.63) is 24.0 Å². The normalized spacial score (nSPS) is 25.6. The van der Waals surface area contributed by atoms with Gasteiger partial charge >= 0.3 is 0 Å². The van der Waals surface area contributed by atoms with E-state index in [0.717, 1.165) is 50.5 Å². The van der Waals surface area contributed by atoms with Crippen LogP contribution in [0.4, 0.5) is 0 Å². The van der Waals surface area contributed by atoms with E-state index in [0.29, 0.717) is 24.5 Å². The van der Waals surface area contributed by atoms with Gasteiger partial charge in [0.15, 0.2) is 0 Å². The van der Waals surface area contributed by atoms with Gasteiger partial charge in [-0.1, -0.05) is 13.8 Å². The molecule has 0 radical (unpaired) electrons. The first kappa shape index (κ1) is 23.0. The summed E-state index contributed by atoms with van der Waals surface area (Å²) >= 11 is 0. The van der Waals surface area contributed by atoms with E-state index in [1.807, 2.05) is 19.1 Å². The van der Waals surface area contributed by atoms with Gasteiger partial charge < -0.3 is 19.9 Å². The number of hydrogen-bond acceptors (Lipinski definition) is 5. The molecule has 0 aliphatic carbocycles. The van der Waals surface area contributed by atoms with Gasteiger partial charge in [-0.05, 0) is 64.3 Å². The molecule has 0 aromatic carbocycles. The molecule has 1 N–H and O–H groups in total. The maximum Gasteiger partial charge on any atom is 0.224 e. The summed E-state index contributed by atoms with van der Waals surface area (Å²) < 4.78 is 6.02. The number of piperidine rings is 1. The van der Waals surface area contributed by atoms with Crippen molar-refractivity contribution in [1.82, 2.24) is 20.1 Å². The minimum Gasteiger partial charge on any atom is -0.492 e. The van der Waals surface area contributed by atoms with Gasteiger partial charge in [0.1, 0.15) is 5.75 Å². The largest absolute Gasteiger partial charge is 0.492 e. The van der Waals surface area contributed by atoms with Gasteiger partial charge in [-0.15, -0.1) is 0 Å². The summed E-state index contributed by atoms with van der Waals surface area (Å²) in [4.78, 5) is 22.1. The maximum absolute atomic E-state index is 12.9. The average molecular weight is 417 g/mol. The average Bonchev–Trinajstić information content (AvgIpc) is 3.11. The Labute approximate surface area is 182 Å². The van der Waals surface area contributed by atoms with Gasteiger partial charge in [-0.25, -0.2) is 0 Å². The predicted molar refractivity (Wildman–Crippen MR) is 121 cm³/mol. The van der Waals surface area contributed by atoms with E-state index in [4.69, 9.17) is 4.74 Å². The van der Waals surface area contributed by atoms with Crippen LogP contribution in [-0.2, 0) is 4.79 Å².